The number of phosphoric ester groups is 1. The summed E-state index contributed by atoms with van der Waals surface area (Å²) in [6.07, 6.45) is -3.83. The molecule has 5 heterocycles. The van der Waals surface area contributed by atoms with Crippen LogP contribution in [-0.2, 0) is 27.4 Å². The molecule has 0 aromatic carbocycles. The second kappa shape index (κ2) is 12.3. The fourth-order valence-electron chi connectivity index (χ4n) is 5.42. The summed E-state index contributed by atoms with van der Waals surface area (Å²) in [6, 6.07) is -1.03. The van der Waals surface area contributed by atoms with Gasteiger partial charge in [0.05, 0.1) is 31.9 Å². The van der Waals surface area contributed by atoms with Crippen molar-refractivity contribution in [2.24, 2.45) is 0 Å². The lowest BCUT2D eigenvalue weighted by Crippen LogP contribution is -2.35. The Morgan fingerprint density at radius 1 is 1.22 bits per heavy atom. The van der Waals surface area contributed by atoms with Gasteiger partial charge in [-0.1, -0.05) is 0 Å². The van der Waals surface area contributed by atoms with Gasteiger partial charge in [0.1, 0.15) is 35.9 Å². The Morgan fingerprint density at radius 3 is 2.67 bits per heavy atom. The van der Waals surface area contributed by atoms with E-state index in [1.807, 2.05) is 0 Å². The average Bonchev–Trinajstić information content (AvgIpc) is 3.77. The number of anilines is 2. The number of nitrogens with two attached hydrogens (primary N) is 1. The number of fused-ring (bicyclic) bond motifs is 2. The molecule has 46 heavy (non-hydrogen) atoms. The van der Waals surface area contributed by atoms with Crippen LogP contribution in [0.15, 0.2) is 35.1 Å². The molecule has 4 aromatic rings. The number of phosphoric acid groups is 1. The number of aromatic amines is 1. The second-order valence-corrected chi connectivity index (χ2v) is 12.2. The molecular formula is C22H27N10O12P2+. The Kier molecular flexibility index (Phi) is 8.59. The number of hydrogen-bond donors (Lipinski definition) is 8. The van der Waals surface area contributed by atoms with E-state index in [4.69, 9.17) is 24.0 Å². The highest BCUT2D eigenvalue weighted by molar-refractivity contribution is 7.47. The van der Waals surface area contributed by atoms with Gasteiger partial charge in [0.15, 0.2) is 35.0 Å². The zero-order chi connectivity index (χ0) is 32.9. The van der Waals surface area contributed by atoms with Crippen molar-refractivity contribution in [2.45, 2.75) is 43.1 Å². The smallest absolute Gasteiger partial charge is 0.509 e. The SMILES string of the molecule is CNc1ncnc2c1ncn2C1OC(COP(=O)(O)OC2C(O)=C(CO)CC2n2cnc3c(=O)[nH]c(N)nc32)C(O[P+](=O)O)C1O. The zero-order valence-electron chi connectivity index (χ0n) is 23.5. The number of nitrogen functional groups attached to an aromatic ring is 1. The Hall–Kier alpha value is -3.95. The average molecular weight is 685 g/mol. The van der Waals surface area contributed by atoms with Crippen molar-refractivity contribution >= 4 is 50.2 Å². The predicted molar refractivity (Wildman–Crippen MR) is 153 cm³/mol. The van der Waals surface area contributed by atoms with E-state index in [1.165, 1.54) is 28.1 Å². The zero-order valence-corrected chi connectivity index (χ0v) is 25.3. The molecule has 2 aliphatic rings. The van der Waals surface area contributed by atoms with Crippen molar-refractivity contribution in [1.82, 2.24) is 39.0 Å². The third-order valence-corrected chi connectivity index (χ3v) is 8.87. The van der Waals surface area contributed by atoms with Crippen molar-refractivity contribution < 1.29 is 52.5 Å². The maximum atomic E-state index is 13.2. The summed E-state index contributed by atoms with van der Waals surface area (Å²) in [5.41, 5.74) is 5.52. The van der Waals surface area contributed by atoms with Crippen LogP contribution in [-0.4, -0.2) is 109 Å². The lowest BCUT2D eigenvalue weighted by atomic mass is 10.1. The summed E-state index contributed by atoms with van der Waals surface area (Å²) in [5.74, 6) is -0.420. The fraction of sp³-hybridized carbons (Fsp3) is 0.455. The minimum atomic E-state index is -5.12. The van der Waals surface area contributed by atoms with E-state index in [2.05, 4.69) is 35.2 Å². The van der Waals surface area contributed by atoms with Gasteiger partial charge in [-0.2, -0.15) is 4.98 Å². The summed E-state index contributed by atoms with van der Waals surface area (Å²) in [6.45, 7) is -1.44. The topological polar surface area (TPSA) is 317 Å². The molecule has 9 N–H and O–H groups in total. The first-order valence-electron chi connectivity index (χ1n) is 13.3. The number of aliphatic hydroxyl groups excluding tert-OH is 3. The minimum Gasteiger partial charge on any atom is -0.509 e. The molecule has 0 bridgehead atoms. The summed E-state index contributed by atoms with van der Waals surface area (Å²) in [7, 11) is -6.78. The van der Waals surface area contributed by atoms with Crippen molar-refractivity contribution in [3.8, 4) is 0 Å². The molecule has 22 nitrogen and oxygen atoms in total. The normalized spacial score (nSPS) is 26.7. The second-order valence-electron chi connectivity index (χ2n) is 10.1. The number of aromatic nitrogens is 8. The van der Waals surface area contributed by atoms with Crippen LogP contribution >= 0.6 is 16.1 Å². The van der Waals surface area contributed by atoms with Crippen molar-refractivity contribution in [1.29, 1.82) is 0 Å². The van der Waals surface area contributed by atoms with E-state index >= 15 is 0 Å². The fourth-order valence-corrected chi connectivity index (χ4v) is 6.82. The van der Waals surface area contributed by atoms with Gasteiger partial charge < -0.3 is 40.6 Å². The largest absolute Gasteiger partial charge is 0.695 e. The third kappa shape index (κ3) is 5.75. The van der Waals surface area contributed by atoms with Crippen LogP contribution in [0.4, 0.5) is 11.8 Å². The molecule has 0 amide bonds. The number of hydrogen-bond acceptors (Lipinski definition) is 17. The molecule has 1 saturated heterocycles. The molecule has 8 atom stereocenters. The van der Waals surface area contributed by atoms with Gasteiger partial charge >= 0.3 is 16.1 Å². The lowest BCUT2D eigenvalue weighted by molar-refractivity contribution is -0.0522. The quantitative estimate of drug-likeness (QED) is 0.0889. The molecule has 24 heteroatoms. The van der Waals surface area contributed by atoms with Gasteiger partial charge in [0, 0.05) is 11.6 Å². The van der Waals surface area contributed by atoms with Gasteiger partial charge in [0.2, 0.25) is 5.95 Å². The number of imidazole rings is 2. The van der Waals surface area contributed by atoms with Crippen LogP contribution in [0.1, 0.15) is 18.7 Å². The molecule has 0 radical (unpaired) electrons. The maximum absolute atomic E-state index is 13.2. The molecule has 1 aliphatic heterocycles. The van der Waals surface area contributed by atoms with Crippen LogP contribution < -0.4 is 16.6 Å². The monoisotopic (exact) mass is 685 g/mol. The van der Waals surface area contributed by atoms with E-state index in [9.17, 15) is 39.0 Å². The summed E-state index contributed by atoms with van der Waals surface area (Å²) in [5, 5.41) is 34.4. The van der Waals surface area contributed by atoms with Crippen molar-refractivity contribution in [3.05, 3.63) is 40.7 Å². The van der Waals surface area contributed by atoms with Crippen LogP contribution in [0.5, 0.6) is 0 Å². The molecule has 0 saturated carbocycles. The Labute approximate surface area is 257 Å². The van der Waals surface area contributed by atoms with Crippen LogP contribution in [0.3, 0.4) is 0 Å². The van der Waals surface area contributed by atoms with Crippen LogP contribution in [0.2, 0.25) is 0 Å². The number of H-pyrrole nitrogens is 1. The number of aliphatic hydroxyl groups is 3. The Balaban J connectivity index is 1.23. The van der Waals surface area contributed by atoms with E-state index in [1.54, 1.807) is 7.05 Å². The van der Waals surface area contributed by atoms with Gasteiger partial charge in [-0.25, -0.2) is 24.5 Å². The van der Waals surface area contributed by atoms with E-state index < -0.39 is 77.3 Å². The highest BCUT2D eigenvalue weighted by atomic mass is 31.2. The number of nitrogens with zero attached hydrogens (tertiary/aromatic N) is 7. The Morgan fingerprint density at radius 2 is 1.96 bits per heavy atom. The number of rotatable bonds is 11. The van der Waals surface area contributed by atoms with Gasteiger partial charge in [0.25, 0.3) is 5.56 Å². The molecule has 1 aliphatic carbocycles. The highest BCUT2D eigenvalue weighted by Gasteiger charge is 2.52. The standard InChI is InChI=1S/C22H26N10O12P2/c1-24-17-11-18(26-5-25-17)32(7-27-11)21-14(35)16(43-45(37)38)10(42-21)4-41-46(39,40)44-15-9(2-8(3-33)13(15)34)31-6-28-12-19(31)29-22(23)30-20(12)36/h5-7,9-10,14-16,21,33,35H,2-4H2,1H3,(H6-,23,24,25,26,29,30,34,36,37,38,39,40)/p+1. The molecule has 4 aromatic heterocycles. The third-order valence-electron chi connectivity index (χ3n) is 7.48. The highest BCUT2D eigenvalue weighted by Crippen LogP contribution is 2.51. The van der Waals surface area contributed by atoms with Gasteiger partial charge in [-0.15, -0.1) is 9.42 Å². The van der Waals surface area contributed by atoms with Crippen molar-refractivity contribution in [3.63, 3.8) is 0 Å². The first kappa shape index (κ1) is 32.0. The maximum Gasteiger partial charge on any atom is 0.695 e. The molecule has 8 unspecified atom stereocenters. The molecule has 0 spiro atoms. The molecule has 1 fully saturated rings. The predicted octanol–water partition coefficient (Wildman–Crippen LogP) is -0.872. The lowest BCUT2D eigenvalue weighted by Gasteiger charge is -2.25. The van der Waals surface area contributed by atoms with E-state index in [-0.39, 0.29) is 34.8 Å². The van der Waals surface area contributed by atoms with Crippen LogP contribution in [0.25, 0.3) is 22.3 Å². The minimum absolute atomic E-state index is 0.0165. The molecule has 6 rings (SSSR count). The summed E-state index contributed by atoms with van der Waals surface area (Å²) >= 11 is 0. The van der Waals surface area contributed by atoms with Crippen LogP contribution in [0, 0.1) is 0 Å². The number of nitrogens with one attached hydrogen (secondary N) is 2. The van der Waals surface area contributed by atoms with E-state index in [0.29, 0.717) is 11.3 Å². The number of ether oxygens (including phenoxy) is 1. The van der Waals surface area contributed by atoms with Crippen molar-refractivity contribution in [2.75, 3.05) is 31.3 Å². The van der Waals surface area contributed by atoms with Gasteiger partial charge in [-0.3, -0.25) is 23.4 Å². The molecule has 246 valence electrons. The molecular weight excluding hydrogens is 658 g/mol. The Bertz CT molecular complexity index is 1950. The first-order chi connectivity index (χ1) is 21.9. The summed E-state index contributed by atoms with van der Waals surface area (Å²) in [4.78, 5) is 55.2. The first-order valence-corrected chi connectivity index (χ1v) is 16.0. The van der Waals surface area contributed by atoms with E-state index in [0.717, 1.165) is 0 Å². The summed E-state index contributed by atoms with van der Waals surface area (Å²) < 4.78 is 48.8. The van der Waals surface area contributed by atoms with Gasteiger partial charge in [-0.05, 0) is 12.0 Å².